The second-order valence-corrected chi connectivity index (χ2v) is 3.48. The first kappa shape index (κ1) is 13.0. The Morgan fingerprint density at radius 3 is 2.82 bits per heavy atom. The molecule has 0 saturated heterocycles. The summed E-state index contributed by atoms with van der Waals surface area (Å²) < 4.78 is 4.99. The highest BCUT2D eigenvalue weighted by molar-refractivity contribution is 5.95. The van der Waals surface area contributed by atoms with E-state index in [0.717, 1.165) is 0 Å². The fourth-order valence-corrected chi connectivity index (χ4v) is 1.17. The summed E-state index contributed by atoms with van der Waals surface area (Å²) in [6.07, 6.45) is 1.57. The van der Waals surface area contributed by atoms with E-state index in [4.69, 9.17) is 4.74 Å². The lowest BCUT2D eigenvalue weighted by atomic mass is 10.4. The van der Waals surface area contributed by atoms with Crippen LogP contribution in [0.15, 0.2) is 18.3 Å². The van der Waals surface area contributed by atoms with Crippen LogP contribution in [0, 0.1) is 0 Å². The SMILES string of the molecule is COc1ncccc1NC(=O)CN(C)C(C)=O. The van der Waals surface area contributed by atoms with Gasteiger partial charge >= 0.3 is 0 Å². The van der Waals surface area contributed by atoms with E-state index < -0.39 is 0 Å². The third-order valence-electron chi connectivity index (χ3n) is 2.16. The summed E-state index contributed by atoms with van der Waals surface area (Å²) in [6, 6.07) is 3.37. The molecule has 1 N–H and O–H groups in total. The van der Waals surface area contributed by atoms with E-state index in [1.807, 2.05) is 0 Å². The molecule has 0 spiro atoms. The van der Waals surface area contributed by atoms with Crippen molar-refractivity contribution in [2.45, 2.75) is 6.92 Å². The lowest BCUT2D eigenvalue weighted by Crippen LogP contribution is -2.33. The number of rotatable bonds is 4. The Morgan fingerprint density at radius 2 is 2.24 bits per heavy atom. The zero-order valence-electron chi connectivity index (χ0n) is 10.1. The van der Waals surface area contributed by atoms with Gasteiger partial charge in [-0.2, -0.15) is 0 Å². The fourth-order valence-electron chi connectivity index (χ4n) is 1.17. The number of pyridine rings is 1. The minimum absolute atomic E-state index is 0.00657. The molecule has 0 unspecified atom stereocenters. The Balaban J connectivity index is 2.65. The van der Waals surface area contributed by atoms with Crippen LogP contribution in [0.5, 0.6) is 5.88 Å². The van der Waals surface area contributed by atoms with Gasteiger partial charge in [0.05, 0.1) is 13.7 Å². The van der Waals surface area contributed by atoms with Crippen molar-refractivity contribution in [2.75, 3.05) is 26.0 Å². The van der Waals surface area contributed by atoms with E-state index >= 15 is 0 Å². The molecule has 1 rings (SSSR count). The van der Waals surface area contributed by atoms with Crippen LogP contribution in [-0.4, -0.2) is 42.4 Å². The zero-order valence-corrected chi connectivity index (χ0v) is 10.1. The number of carbonyl (C=O) groups is 2. The molecule has 1 aromatic rings. The number of nitrogens with zero attached hydrogens (tertiary/aromatic N) is 2. The molecular formula is C11H15N3O3. The molecule has 92 valence electrons. The number of ether oxygens (including phenoxy) is 1. The molecule has 6 heteroatoms. The van der Waals surface area contributed by atoms with Crippen molar-refractivity contribution in [1.82, 2.24) is 9.88 Å². The van der Waals surface area contributed by atoms with Gasteiger partial charge in [0.25, 0.3) is 0 Å². The summed E-state index contributed by atoms with van der Waals surface area (Å²) in [7, 11) is 3.03. The smallest absolute Gasteiger partial charge is 0.244 e. The topological polar surface area (TPSA) is 71.5 Å². The van der Waals surface area contributed by atoms with Gasteiger partial charge in [0.15, 0.2) is 0 Å². The van der Waals surface area contributed by atoms with Crippen LogP contribution in [-0.2, 0) is 9.59 Å². The number of hydrogen-bond acceptors (Lipinski definition) is 4. The summed E-state index contributed by atoms with van der Waals surface area (Å²) in [4.78, 5) is 27.8. The minimum atomic E-state index is -0.297. The normalized spacial score (nSPS) is 9.59. The summed E-state index contributed by atoms with van der Waals surface area (Å²) in [5.74, 6) is -0.126. The molecule has 0 fully saturated rings. The van der Waals surface area contributed by atoms with Gasteiger partial charge in [-0.25, -0.2) is 4.98 Å². The van der Waals surface area contributed by atoms with Crippen molar-refractivity contribution >= 4 is 17.5 Å². The van der Waals surface area contributed by atoms with Crippen molar-refractivity contribution in [3.63, 3.8) is 0 Å². The van der Waals surface area contributed by atoms with Crippen molar-refractivity contribution in [2.24, 2.45) is 0 Å². The van der Waals surface area contributed by atoms with E-state index in [1.54, 1.807) is 25.4 Å². The molecule has 0 aliphatic heterocycles. The Hall–Kier alpha value is -2.11. The third kappa shape index (κ3) is 3.75. The number of amides is 2. The van der Waals surface area contributed by atoms with Gasteiger partial charge in [0, 0.05) is 20.2 Å². The largest absolute Gasteiger partial charge is 0.480 e. The maximum absolute atomic E-state index is 11.6. The standard InChI is InChI=1S/C11H15N3O3/c1-8(15)14(2)7-10(16)13-9-5-4-6-12-11(9)17-3/h4-6H,7H2,1-3H3,(H,13,16). The monoisotopic (exact) mass is 237 g/mol. The van der Waals surface area contributed by atoms with Crippen LogP contribution in [0.25, 0.3) is 0 Å². The molecule has 0 bridgehead atoms. The average molecular weight is 237 g/mol. The second-order valence-electron chi connectivity index (χ2n) is 3.48. The van der Waals surface area contributed by atoms with E-state index in [2.05, 4.69) is 10.3 Å². The number of hydrogen-bond donors (Lipinski definition) is 1. The summed E-state index contributed by atoms with van der Waals surface area (Å²) in [6.45, 7) is 1.39. The predicted octanol–water partition coefficient (Wildman–Crippen LogP) is 0.507. The Kier molecular flexibility index (Phi) is 4.45. The van der Waals surface area contributed by atoms with Crippen LogP contribution in [0.4, 0.5) is 5.69 Å². The van der Waals surface area contributed by atoms with Crippen LogP contribution in [0.1, 0.15) is 6.92 Å². The highest BCUT2D eigenvalue weighted by Gasteiger charge is 2.11. The van der Waals surface area contributed by atoms with Gasteiger partial charge in [-0.3, -0.25) is 9.59 Å². The maximum atomic E-state index is 11.6. The van der Waals surface area contributed by atoms with Gasteiger partial charge in [0.2, 0.25) is 17.7 Å². The third-order valence-corrected chi connectivity index (χ3v) is 2.16. The molecule has 0 aliphatic carbocycles. The number of carbonyl (C=O) groups excluding carboxylic acids is 2. The average Bonchev–Trinajstić information content (AvgIpc) is 2.29. The van der Waals surface area contributed by atoms with E-state index in [1.165, 1.54) is 18.9 Å². The lowest BCUT2D eigenvalue weighted by Gasteiger charge is -2.14. The van der Waals surface area contributed by atoms with Crippen molar-refractivity contribution < 1.29 is 14.3 Å². The highest BCUT2D eigenvalue weighted by atomic mass is 16.5. The molecule has 0 atom stereocenters. The molecule has 0 saturated carbocycles. The predicted molar refractivity (Wildman–Crippen MR) is 62.7 cm³/mol. The quantitative estimate of drug-likeness (QED) is 0.828. The highest BCUT2D eigenvalue weighted by Crippen LogP contribution is 2.19. The molecule has 6 nitrogen and oxygen atoms in total. The molecule has 2 amide bonds. The molecule has 1 aromatic heterocycles. The fraction of sp³-hybridized carbons (Fsp3) is 0.364. The van der Waals surface area contributed by atoms with Gasteiger partial charge in [-0.05, 0) is 12.1 Å². The Morgan fingerprint density at radius 1 is 1.53 bits per heavy atom. The zero-order chi connectivity index (χ0) is 12.8. The van der Waals surface area contributed by atoms with E-state index in [0.29, 0.717) is 11.6 Å². The summed E-state index contributed by atoms with van der Waals surface area (Å²) >= 11 is 0. The number of likely N-dealkylation sites (N-methyl/N-ethyl adjacent to an activating group) is 1. The van der Waals surface area contributed by atoms with Crippen molar-refractivity contribution in [3.8, 4) is 5.88 Å². The van der Waals surface area contributed by atoms with Crippen LogP contribution in [0.2, 0.25) is 0 Å². The molecule has 0 aromatic carbocycles. The molecule has 0 aliphatic rings. The first-order chi connectivity index (χ1) is 8.04. The van der Waals surface area contributed by atoms with E-state index in [9.17, 15) is 9.59 Å². The summed E-state index contributed by atoms with van der Waals surface area (Å²) in [5, 5.41) is 2.63. The van der Waals surface area contributed by atoms with Crippen LogP contribution in [0.3, 0.4) is 0 Å². The molecular weight excluding hydrogens is 222 g/mol. The molecule has 0 radical (unpaired) electrons. The number of nitrogens with one attached hydrogen (secondary N) is 1. The van der Waals surface area contributed by atoms with E-state index in [-0.39, 0.29) is 18.4 Å². The van der Waals surface area contributed by atoms with Gasteiger partial charge in [0.1, 0.15) is 5.69 Å². The molecule has 1 heterocycles. The number of anilines is 1. The second kappa shape index (κ2) is 5.83. The Labute approximate surface area is 99.6 Å². The van der Waals surface area contributed by atoms with Gasteiger partial charge in [-0.1, -0.05) is 0 Å². The first-order valence-electron chi connectivity index (χ1n) is 5.05. The molecule has 17 heavy (non-hydrogen) atoms. The number of methoxy groups -OCH3 is 1. The van der Waals surface area contributed by atoms with Crippen molar-refractivity contribution in [3.05, 3.63) is 18.3 Å². The van der Waals surface area contributed by atoms with Crippen molar-refractivity contribution in [1.29, 1.82) is 0 Å². The first-order valence-corrected chi connectivity index (χ1v) is 5.05. The van der Waals surface area contributed by atoms with Crippen LogP contribution < -0.4 is 10.1 Å². The maximum Gasteiger partial charge on any atom is 0.244 e. The number of aromatic nitrogens is 1. The minimum Gasteiger partial charge on any atom is -0.480 e. The van der Waals surface area contributed by atoms with Crippen LogP contribution >= 0.6 is 0 Å². The van der Waals surface area contributed by atoms with Gasteiger partial charge < -0.3 is 15.0 Å². The van der Waals surface area contributed by atoms with Gasteiger partial charge in [-0.15, -0.1) is 0 Å². The lowest BCUT2D eigenvalue weighted by molar-refractivity contribution is -0.131. The Bertz CT molecular complexity index is 420. The summed E-state index contributed by atoms with van der Waals surface area (Å²) in [5.41, 5.74) is 0.483.